The molecule has 0 spiro atoms. The Bertz CT molecular complexity index is 1450. The number of hydrogen-bond acceptors (Lipinski definition) is 12. The Morgan fingerprint density at radius 2 is 0.306 bits per heavy atom. The van der Waals surface area contributed by atoms with Gasteiger partial charge in [0.05, 0.1) is 6.67 Å². The van der Waals surface area contributed by atoms with E-state index in [-0.39, 0.29) is 0 Å². The van der Waals surface area contributed by atoms with Crippen molar-refractivity contribution in [2.45, 2.75) is 364 Å². The number of unbranched alkanes of at least 4 members (excludes halogenated alkanes) is 40. The van der Waals surface area contributed by atoms with E-state index in [1.807, 2.05) is 0 Å². The first-order valence-electron chi connectivity index (χ1n) is 37.7. The Kier molecular flexibility index (Phi) is 51.4. The Balaban J connectivity index is 2.82. The molecular formula is C73H144N12. The van der Waals surface area contributed by atoms with Crippen molar-refractivity contribution < 1.29 is 0 Å². The average Bonchev–Trinajstić information content (AvgIpc) is 3.63. The predicted octanol–water partition coefficient (Wildman–Crippen LogP) is 21.7. The van der Waals surface area contributed by atoms with Gasteiger partial charge in [0.1, 0.15) is 0 Å². The second kappa shape index (κ2) is 56.1. The lowest BCUT2D eigenvalue weighted by molar-refractivity contribution is 0.563. The van der Waals surface area contributed by atoms with Gasteiger partial charge in [-0.05, 0) is 51.4 Å². The summed E-state index contributed by atoms with van der Waals surface area (Å²) in [4.78, 5) is 47.9. The fourth-order valence-electron chi connectivity index (χ4n) is 11.9. The van der Waals surface area contributed by atoms with Crippen molar-refractivity contribution in [3.8, 4) is 0 Å². The average molecular weight is 1190 g/mol. The van der Waals surface area contributed by atoms with Crippen LogP contribution in [0.2, 0.25) is 0 Å². The quantitative estimate of drug-likeness (QED) is 0.0466. The van der Waals surface area contributed by atoms with E-state index in [0.717, 1.165) is 88.0 Å². The van der Waals surface area contributed by atoms with Gasteiger partial charge in [0, 0.05) is 66.5 Å². The van der Waals surface area contributed by atoms with Gasteiger partial charge in [0.2, 0.25) is 35.7 Å². The summed E-state index contributed by atoms with van der Waals surface area (Å²) in [5.41, 5.74) is 0. The molecule has 496 valence electrons. The molecule has 0 N–H and O–H groups in total. The highest BCUT2D eigenvalue weighted by molar-refractivity contribution is 5.50. The number of nitrogens with zero attached hydrogens (tertiary/aromatic N) is 12. The molecule has 12 nitrogen and oxygen atoms in total. The van der Waals surface area contributed by atoms with Crippen LogP contribution >= 0.6 is 0 Å². The van der Waals surface area contributed by atoms with Gasteiger partial charge in [0.25, 0.3) is 0 Å². The molecular weight excluding hydrogens is 1040 g/mol. The fraction of sp³-hybridized carbons (Fsp3) is 0.918. The van der Waals surface area contributed by atoms with Crippen LogP contribution < -0.4 is 29.4 Å². The topological polar surface area (TPSA) is 96.8 Å². The van der Waals surface area contributed by atoms with Gasteiger partial charge < -0.3 is 29.4 Å². The summed E-state index contributed by atoms with van der Waals surface area (Å²) in [6, 6.07) is 0. The zero-order valence-corrected chi connectivity index (χ0v) is 58.7. The van der Waals surface area contributed by atoms with Crippen LogP contribution in [0.4, 0.5) is 35.7 Å². The van der Waals surface area contributed by atoms with E-state index < -0.39 is 0 Å². The normalized spacial score (nSPS) is 11.5. The molecule has 0 saturated heterocycles. The Hall–Kier alpha value is -3.18. The van der Waals surface area contributed by atoms with E-state index in [2.05, 4.69) is 98.9 Å². The molecule has 0 aliphatic carbocycles. The number of rotatable bonds is 64. The Labute approximate surface area is 529 Å². The van der Waals surface area contributed by atoms with Crippen molar-refractivity contribution in [1.29, 1.82) is 0 Å². The van der Waals surface area contributed by atoms with Crippen LogP contribution in [0.25, 0.3) is 0 Å². The summed E-state index contributed by atoms with van der Waals surface area (Å²) >= 11 is 0. The van der Waals surface area contributed by atoms with E-state index >= 15 is 0 Å². The van der Waals surface area contributed by atoms with E-state index in [9.17, 15) is 0 Å². The summed E-state index contributed by atoms with van der Waals surface area (Å²) in [7, 11) is 4.37. The Morgan fingerprint density at radius 1 is 0.176 bits per heavy atom. The molecule has 12 heteroatoms. The molecule has 0 fully saturated rings. The smallest absolute Gasteiger partial charge is 0.233 e. The molecule has 2 heterocycles. The third-order valence-corrected chi connectivity index (χ3v) is 17.7. The van der Waals surface area contributed by atoms with Gasteiger partial charge >= 0.3 is 0 Å². The van der Waals surface area contributed by atoms with E-state index in [4.69, 9.17) is 29.9 Å². The predicted molar refractivity (Wildman–Crippen MR) is 377 cm³/mol. The molecule has 0 aromatic carbocycles. The second-order valence-corrected chi connectivity index (χ2v) is 26.1. The number of anilines is 6. The largest absolute Gasteiger partial charge is 0.341 e. The molecule has 2 aromatic heterocycles. The van der Waals surface area contributed by atoms with Crippen LogP contribution in [0, 0.1) is 0 Å². The molecule has 85 heavy (non-hydrogen) atoms. The first-order chi connectivity index (χ1) is 41.8. The number of hydrogen-bond donors (Lipinski definition) is 0. The summed E-state index contributed by atoms with van der Waals surface area (Å²) < 4.78 is 0. The highest BCUT2D eigenvalue weighted by atomic mass is 15.4. The molecule has 0 unspecified atom stereocenters. The first kappa shape index (κ1) is 77.9. The SMILES string of the molecule is CCCCCCCCN(CCCCCCCC)c1nc(N(C)CN(C)c2nc(N(CCCCCCCC)CCCCCCCC)nc(N(CCCCCCCC)CCCCCCCC)n2)nc(N(CCCCCCCC)CCCCCCCC)n1. The van der Waals surface area contributed by atoms with Crippen LogP contribution in [0.5, 0.6) is 0 Å². The Morgan fingerprint density at radius 3 is 0.459 bits per heavy atom. The van der Waals surface area contributed by atoms with Gasteiger partial charge in [-0.25, -0.2) is 0 Å². The molecule has 0 radical (unpaired) electrons. The van der Waals surface area contributed by atoms with Crippen molar-refractivity contribution in [2.75, 3.05) is 103 Å². The minimum Gasteiger partial charge on any atom is -0.341 e. The maximum absolute atomic E-state index is 5.55. The molecule has 0 bridgehead atoms. The van der Waals surface area contributed by atoms with Crippen molar-refractivity contribution in [3.63, 3.8) is 0 Å². The summed E-state index contributed by atoms with van der Waals surface area (Å²) in [5, 5.41) is 0. The summed E-state index contributed by atoms with van der Waals surface area (Å²) in [6.45, 7) is 27.0. The first-order valence-corrected chi connectivity index (χ1v) is 37.7. The zero-order valence-electron chi connectivity index (χ0n) is 58.7. The summed E-state index contributed by atoms with van der Waals surface area (Å²) in [5.74, 6) is 4.92. The molecule has 2 rings (SSSR count). The van der Waals surface area contributed by atoms with Gasteiger partial charge in [0.15, 0.2) is 0 Å². The highest BCUT2D eigenvalue weighted by Crippen LogP contribution is 2.26. The lowest BCUT2D eigenvalue weighted by Gasteiger charge is -2.31. The monoisotopic (exact) mass is 1190 g/mol. The zero-order chi connectivity index (χ0) is 61.5. The van der Waals surface area contributed by atoms with Gasteiger partial charge in [-0.1, -0.05) is 312 Å². The molecule has 2 aromatic rings. The molecule has 0 atom stereocenters. The van der Waals surface area contributed by atoms with E-state index in [1.165, 1.54) is 308 Å². The lowest BCUT2D eigenvalue weighted by Crippen LogP contribution is -2.38. The summed E-state index contributed by atoms with van der Waals surface area (Å²) in [6.07, 6.45) is 61.3. The van der Waals surface area contributed by atoms with Crippen LogP contribution in [-0.2, 0) is 0 Å². The maximum atomic E-state index is 5.55. The van der Waals surface area contributed by atoms with Crippen LogP contribution in [0.1, 0.15) is 364 Å². The standard InChI is InChI=1S/C73H144N12/c1-11-19-27-35-43-51-59-82(60-52-44-36-28-20-12-2)70-74-68(75-71(78-70)83(61-53-45-37-29-21-13-3)62-54-46-38-30-22-14-4)80(9)67-81(10)69-76-72(84(63-55-47-39-31-23-15-5)64-56-48-40-32-24-16-6)79-73(77-69)85(65-57-49-41-33-25-17-7)66-58-50-42-34-26-18-8/h11-67H2,1-10H3. The third-order valence-electron chi connectivity index (χ3n) is 17.7. The van der Waals surface area contributed by atoms with Crippen LogP contribution in [-0.4, -0.2) is 103 Å². The van der Waals surface area contributed by atoms with Crippen molar-refractivity contribution in [3.05, 3.63) is 0 Å². The minimum absolute atomic E-state index is 0.541. The van der Waals surface area contributed by atoms with Crippen molar-refractivity contribution in [1.82, 2.24) is 29.9 Å². The van der Waals surface area contributed by atoms with Crippen molar-refractivity contribution in [2.24, 2.45) is 0 Å². The maximum Gasteiger partial charge on any atom is 0.233 e. The number of aromatic nitrogens is 6. The van der Waals surface area contributed by atoms with E-state index in [1.54, 1.807) is 0 Å². The van der Waals surface area contributed by atoms with Gasteiger partial charge in [-0.15, -0.1) is 0 Å². The highest BCUT2D eigenvalue weighted by Gasteiger charge is 2.24. The molecule has 0 saturated carbocycles. The van der Waals surface area contributed by atoms with Crippen LogP contribution in [0.15, 0.2) is 0 Å². The van der Waals surface area contributed by atoms with Crippen LogP contribution in [0.3, 0.4) is 0 Å². The third kappa shape index (κ3) is 39.4. The van der Waals surface area contributed by atoms with Gasteiger partial charge in [-0.3, -0.25) is 0 Å². The van der Waals surface area contributed by atoms with E-state index in [0.29, 0.717) is 6.67 Å². The fourth-order valence-corrected chi connectivity index (χ4v) is 11.9. The van der Waals surface area contributed by atoms with Crippen molar-refractivity contribution >= 4 is 35.7 Å². The molecule has 0 aliphatic heterocycles. The molecule has 0 amide bonds. The minimum atomic E-state index is 0.541. The molecule has 0 aliphatic rings. The lowest BCUT2D eigenvalue weighted by atomic mass is 10.1. The second-order valence-electron chi connectivity index (χ2n) is 26.1. The van der Waals surface area contributed by atoms with Gasteiger partial charge in [-0.2, -0.15) is 29.9 Å².